The molecule has 0 atom stereocenters. The lowest BCUT2D eigenvalue weighted by Crippen LogP contribution is -2.34. The Kier molecular flexibility index (Phi) is 6.05. The molecule has 3 aromatic rings. The van der Waals surface area contributed by atoms with Crippen LogP contribution in [-0.2, 0) is 16.1 Å². The van der Waals surface area contributed by atoms with Gasteiger partial charge in [-0.25, -0.2) is 13.9 Å². The van der Waals surface area contributed by atoms with Gasteiger partial charge in [-0.1, -0.05) is 12.1 Å². The first-order valence-corrected chi connectivity index (χ1v) is 8.59. The third-order valence-electron chi connectivity index (χ3n) is 4.04. The van der Waals surface area contributed by atoms with Crippen molar-refractivity contribution < 1.29 is 18.7 Å². The minimum atomic E-state index is -0.613. The Bertz CT molecular complexity index is 944. The number of carbonyl (C=O) groups is 2. The molecule has 0 N–H and O–H groups in total. The number of benzene rings is 2. The van der Waals surface area contributed by atoms with Gasteiger partial charge in [0.05, 0.1) is 11.3 Å². The summed E-state index contributed by atoms with van der Waals surface area (Å²) in [6.07, 6.45) is 1.43. The molecule has 0 aliphatic rings. The molecule has 1 heterocycles. The quantitative estimate of drug-likeness (QED) is 0.580. The maximum Gasteiger partial charge on any atom is 0.338 e. The Balaban J connectivity index is 1.56. The summed E-state index contributed by atoms with van der Waals surface area (Å²) in [4.78, 5) is 26.0. The van der Waals surface area contributed by atoms with Crippen LogP contribution in [0.3, 0.4) is 0 Å². The van der Waals surface area contributed by atoms with Gasteiger partial charge < -0.3 is 9.64 Å². The molecule has 8 nitrogen and oxygen atoms in total. The lowest BCUT2D eigenvalue weighted by Gasteiger charge is -2.21. The summed E-state index contributed by atoms with van der Waals surface area (Å²) < 4.78 is 19.9. The van der Waals surface area contributed by atoms with Gasteiger partial charge in [-0.05, 0) is 59.3 Å². The molecule has 2 aromatic carbocycles. The largest absolute Gasteiger partial charge is 0.452 e. The van der Waals surface area contributed by atoms with E-state index in [0.717, 1.165) is 0 Å². The average Bonchev–Trinajstić information content (AvgIpc) is 3.25. The molecule has 3 rings (SSSR count). The molecule has 144 valence electrons. The molecule has 0 radical (unpaired) electrons. The zero-order valence-corrected chi connectivity index (χ0v) is 15.2. The van der Waals surface area contributed by atoms with Crippen LogP contribution in [0.4, 0.5) is 4.39 Å². The lowest BCUT2D eigenvalue weighted by atomic mass is 10.2. The van der Waals surface area contributed by atoms with E-state index in [2.05, 4.69) is 15.5 Å². The molecule has 0 bridgehead atoms. The molecular formula is C19H18FN5O3. The zero-order valence-electron chi connectivity index (χ0n) is 15.2. The minimum Gasteiger partial charge on any atom is -0.452 e. The molecule has 0 aliphatic heterocycles. The fourth-order valence-corrected chi connectivity index (χ4v) is 2.56. The molecule has 0 aliphatic carbocycles. The van der Waals surface area contributed by atoms with Gasteiger partial charge in [0.25, 0.3) is 5.91 Å². The van der Waals surface area contributed by atoms with Gasteiger partial charge in [-0.15, -0.1) is 5.10 Å². The predicted octanol–water partition coefficient (Wildman–Crippen LogP) is 2.01. The van der Waals surface area contributed by atoms with Crippen molar-refractivity contribution in [2.24, 2.45) is 0 Å². The predicted molar refractivity (Wildman–Crippen MR) is 96.9 cm³/mol. The molecule has 1 amide bonds. The first kappa shape index (κ1) is 19.2. The van der Waals surface area contributed by atoms with E-state index in [4.69, 9.17) is 4.74 Å². The maximum absolute atomic E-state index is 13.3. The lowest BCUT2D eigenvalue weighted by molar-refractivity contribution is -0.134. The van der Waals surface area contributed by atoms with Crippen LogP contribution in [0.15, 0.2) is 54.9 Å². The van der Waals surface area contributed by atoms with Gasteiger partial charge in [-0.3, -0.25) is 4.79 Å². The highest BCUT2D eigenvalue weighted by Crippen LogP contribution is 2.10. The van der Waals surface area contributed by atoms with E-state index < -0.39 is 12.6 Å². The molecule has 9 heteroatoms. The van der Waals surface area contributed by atoms with Crippen molar-refractivity contribution in [1.29, 1.82) is 0 Å². The van der Waals surface area contributed by atoms with Gasteiger partial charge in [0.2, 0.25) is 0 Å². The van der Waals surface area contributed by atoms with Gasteiger partial charge in [-0.2, -0.15) is 0 Å². The number of rotatable bonds is 7. The summed E-state index contributed by atoms with van der Waals surface area (Å²) in [6.45, 7) is 2.06. The highest BCUT2D eigenvalue weighted by Gasteiger charge is 2.16. The number of ether oxygens (including phenoxy) is 1. The third kappa shape index (κ3) is 4.76. The van der Waals surface area contributed by atoms with Crippen molar-refractivity contribution in [2.45, 2.75) is 13.5 Å². The highest BCUT2D eigenvalue weighted by molar-refractivity contribution is 5.91. The number of hydrogen-bond donors (Lipinski definition) is 0. The van der Waals surface area contributed by atoms with E-state index >= 15 is 0 Å². The summed E-state index contributed by atoms with van der Waals surface area (Å²) in [5.74, 6) is -1.33. The SMILES string of the molecule is CCN(Cc1cccc(F)c1)C(=O)COC(=O)c1ccc(-n2cnnn2)cc1. The number of esters is 1. The molecule has 1 aromatic heterocycles. The summed E-state index contributed by atoms with van der Waals surface area (Å²) in [5, 5.41) is 10.8. The minimum absolute atomic E-state index is 0.241. The van der Waals surface area contributed by atoms with E-state index in [1.54, 1.807) is 43.3 Å². The number of amides is 1. The van der Waals surface area contributed by atoms with Crippen LogP contribution in [0.1, 0.15) is 22.8 Å². The topological polar surface area (TPSA) is 90.2 Å². The van der Waals surface area contributed by atoms with Crippen LogP contribution in [0.5, 0.6) is 0 Å². The number of halogens is 1. The Morgan fingerprint density at radius 3 is 2.61 bits per heavy atom. The van der Waals surface area contributed by atoms with Crippen LogP contribution < -0.4 is 0 Å². The Morgan fingerprint density at radius 1 is 1.18 bits per heavy atom. The molecule has 0 saturated carbocycles. The Morgan fingerprint density at radius 2 is 1.96 bits per heavy atom. The second-order valence-electron chi connectivity index (χ2n) is 5.92. The fraction of sp³-hybridized carbons (Fsp3) is 0.211. The van der Waals surface area contributed by atoms with E-state index in [1.807, 2.05) is 0 Å². The van der Waals surface area contributed by atoms with E-state index in [9.17, 15) is 14.0 Å². The Hall–Kier alpha value is -3.62. The average molecular weight is 383 g/mol. The first-order valence-electron chi connectivity index (χ1n) is 8.59. The molecule has 0 fully saturated rings. The molecule has 0 spiro atoms. The standard InChI is InChI=1S/C19H18FN5O3/c1-2-24(11-14-4-3-5-16(20)10-14)18(26)12-28-19(27)15-6-8-17(9-7-15)25-13-21-22-23-25/h3-10,13H,2,11-12H2,1H3. The normalized spacial score (nSPS) is 10.5. The van der Waals surface area contributed by atoms with Crippen LogP contribution in [-0.4, -0.2) is 50.1 Å². The summed E-state index contributed by atoms with van der Waals surface area (Å²) in [7, 11) is 0. The number of likely N-dealkylation sites (N-methyl/N-ethyl adjacent to an activating group) is 1. The summed E-state index contributed by atoms with van der Waals surface area (Å²) >= 11 is 0. The van der Waals surface area contributed by atoms with Crippen molar-refractivity contribution in [3.05, 3.63) is 71.8 Å². The molecule has 0 saturated heterocycles. The van der Waals surface area contributed by atoms with Crippen LogP contribution in [0, 0.1) is 5.82 Å². The van der Waals surface area contributed by atoms with Crippen molar-refractivity contribution in [2.75, 3.05) is 13.2 Å². The number of tetrazole rings is 1. The number of hydrogen-bond acceptors (Lipinski definition) is 6. The monoisotopic (exact) mass is 383 g/mol. The maximum atomic E-state index is 13.3. The first-order chi connectivity index (χ1) is 13.6. The van der Waals surface area contributed by atoms with Gasteiger partial charge >= 0.3 is 5.97 Å². The summed E-state index contributed by atoms with van der Waals surface area (Å²) in [5.41, 5.74) is 1.65. The van der Waals surface area contributed by atoms with Crippen molar-refractivity contribution in [1.82, 2.24) is 25.1 Å². The second-order valence-corrected chi connectivity index (χ2v) is 5.92. The van der Waals surface area contributed by atoms with E-state index in [0.29, 0.717) is 23.4 Å². The van der Waals surface area contributed by atoms with Crippen molar-refractivity contribution in [3.63, 3.8) is 0 Å². The van der Waals surface area contributed by atoms with E-state index in [1.165, 1.54) is 28.0 Å². The van der Waals surface area contributed by atoms with Crippen LogP contribution in [0.25, 0.3) is 5.69 Å². The second kappa shape index (κ2) is 8.85. The van der Waals surface area contributed by atoms with Gasteiger partial charge in [0.15, 0.2) is 6.61 Å². The zero-order chi connectivity index (χ0) is 19.9. The number of carbonyl (C=O) groups excluding carboxylic acids is 2. The highest BCUT2D eigenvalue weighted by atomic mass is 19.1. The van der Waals surface area contributed by atoms with E-state index in [-0.39, 0.29) is 18.3 Å². The van der Waals surface area contributed by atoms with Gasteiger partial charge in [0.1, 0.15) is 12.1 Å². The third-order valence-corrected chi connectivity index (χ3v) is 4.04. The molecule has 28 heavy (non-hydrogen) atoms. The summed E-state index contributed by atoms with van der Waals surface area (Å²) in [6, 6.07) is 12.5. The van der Waals surface area contributed by atoms with Crippen molar-refractivity contribution >= 4 is 11.9 Å². The van der Waals surface area contributed by atoms with Gasteiger partial charge in [0, 0.05) is 13.1 Å². The van der Waals surface area contributed by atoms with Crippen molar-refractivity contribution in [3.8, 4) is 5.69 Å². The molecule has 0 unspecified atom stereocenters. The van der Waals surface area contributed by atoms with Crippen LogP contribution >= 0.6 is 0 Å². The number of nitrogens with zero attached hydrogens (tertiary/aromatic N) is 5. The van der Waals surface area contributed by atoms with Crippen LogP contribution in [0.2, 0.25) is 0 Å². The molecular weight excluding hydrogens is 365 g/mol. The smallest absolute Gasteiger partial charge is 0.338 e. The fourth-order valence-electron chi connectivity index (χ4n) is 2.56. The number of aromatic nitrogens is 4. The Labute approximate surface area is 160 Å².